The van der Waals surface area contributed by atoms with Crippen LogP contribution in [0.1, 0.15) is 20.8 Å². The number of carbonyl (C=O) groups excluding carboxylic acids is 1. The fourth-order valence-corrected chi connectivity index (χ4v) is 5.99. The summed E-state index contributed by atoms with van der Waals surface area (Å²) in [6, 6.07) is -1.27. The zero-order valence-electron chi connectivity index (χ0n) is 26.1. The first-order valence-electron chi connectivity index (χ1n) is 15.2. The van der Waals surface area contributed by atoms with Crippen molar-refractivity contribution in [3.63, 3.8) is 0 Å². The van der Waals surface area contributed by atoms with Crippen LogP contribution in [0.25, 0.3) is 0 Å². The Hall–Kier alpha value is -1.25. The average molecular weight is 690 g/mol. The van der Waals surface area contributed by atoms with E-state index < -0.39 is 142 Å². The van der Waals surface area contributed by atoms with E-state index in [-0.39, 0.29) is 0 Å². The molecule has 0 aromatic carbocycles. The molecule has 0 aromatic rings. The van der Waals surface area contributed by atoms with Gasteiger partial charge in [-0.1, -0.05) is 0 Å². The number of methoxy groups -OCH3 is 1. The molecule has 11 N–H and O–H groups in total. The minimum Gasteiger partial charge on any atom is -0.394 e. The van der Waals surface area contributed by atoms with E-state index in [1.807, 2.05) is 0 Å². The molecular weight excluding hydrogens is 642 g/mol. The summed E-state index contributed by atoms with van der Waals surface area (Å²) >= 11 is 0. The second kappa shape index (κ2) is 16.2. The van der Waals surface area contributed by atoms with Crippen molar-refractivity contribution in [1.82, 2.24) is 5.32 Å². The molecule has 0 spiro atoms. The maximum absolute atomic E-state index is 12.3. The third-order valence-electron chi connectivity index (χ3n) is 8.74. The molecule has 8 unspecified atom stereocenters. The predicted octanol–water partition coefficient (Wildman–Crippen LogP) is -6.90. The number of hydrogen-bond donors (Lipinski definition) is 11. The maximum atomic E-state index is 12.3. The van der Waals surface area contributed by atoms with Crippen molar-refractivity contribution in [1.29, 1.82) is 0 Å². The number of amides is 1. The molecule has 47 heavy (non-hydrogen) atoms. The molecule has 0 bridgehead atoms. The number of ether oxygens (including phenoxy) is 8. The van der Waals surface area contributed by atoms with Crippen LogP contribution in [0.5, 0.6) is 0 Å². The number of aliphatic hydroxyl groups excluding tert-OH is 10. The van der Waals surface area contributed by atoms with Crippen molar-refractivity contribution in [3.05, 3.63) is 0 Å². The van der Waals surface area contributed by atoms with Crippen LogP contribution < -0.4 is 5.32 Å². The lowest BCUT2D eigenvalue weighted by atomic mass is 9.94. The first-order chi connectivity index (χ1) is 22.1. The Labute approximate surface area is 269 Å². The van der Waals surface area contributed by atoms with E-state index in [0.717, 1.165) is 0 Å². The van der Waals surface area contributed by atoms with Gasteiger partial charge in [0.25, 0.3) is 0 Å². The van der Waals surface area contributed by atoms with Crippen molar-refractivity contribution in [2.24, 2.45) is 0 Å². The van der Waals surface area contributed by atoms with Gasteiger partial charge in [0.1, 0.15) is 85.4 Å². The number of nitrogens with one attached hydrogen (secondary N) is 1. The van der Waals surface area contributed by atoms with Gasteiger partial charge in [-0.3, -0.25) is 4.79 Å². The summed E-state index contributed by atoms with van der Waals surface area (Å²) in [5.41, 5.74) is 0. The Balaban J connectivity index is 1.70. The highest BCUT2D eigenvalue weighted by Gasteiger charge is 2.56. The monoisotopic (exact) mass is 689 g/mol. The van der Waals surface area contributed by atoms with Crippen LogP contribution in [0, 0.1) is 0 Å². The first-order valence-corrected chi connectivity index (χ1v) is 15.2. The van der Waals surface area contributed by atoms with Gasteiger partial charge in [0.05, 0.1) is 25.4 Å². The molecule has 0 radical (unpaired) electrons. The van der Waals surface area contributed by atoms with Crippen LogP contribution in [0.3, 0.4) is 0 Å². The lowest BCUT2D eigenvalue weighted by Gasteiger charge is -2.50. The van der Waals surface area contributed by atoms with Crippen molar-refractivity contribution >= 4 is 5.91 Å². The molecule has 20 heteroatoms. The topological polar surface area (TPSA) is 305 Å². The zero-order valence-corrected chi connectivity index (χ0v) is 26.1. The van der Waals surface area contributed by atoms with Crippen molar-refractivity contribution in [3.8, 4) is 0 Å². The molecular formula is C27H47NO19. The number of aliphatic hydroxyl groups is 10. The third-order valence-corrected chi connectivity index (χ3v) is 8.74. The first kappa shape index (κ1) is 38.6. The fraction of sp³-hybridized carbons (Fsp3) is 0.963. The molecule has 20 nitrogen and oxygen atoms in total. The molecule has 0 aliphatic carbocycles. The van der Waals surface area contributed by atoms with Gasteiger partial charge in [0, 0.05) is 14.0 Å². The molecule has 20 atom stereocenters. The molecule has 1 amide bonds. The summed E-state index contributed by atoms with van der Waals surface area (Å²) in [7, 11) is 1.24. The smallest absolute Gasteiger partial charge is 0.217 e. The van der Waals surface area contributed by atoms with E-state index >= 15 is 0 Å². The van der Waals surface area contributed by atoms with Crippen molar-refractivity contribution in [2.45, 2.75) is 144 Å². The van der Waals surface area contributed by atoms with E-state index in [0.29, 0.717) is 0 Å². The minimum atomic E-state index is -1.89. The van der Waals surface area contributed by atoms with Gasteiger partial charge in [-0.2, -0.15) is 0 Å². The van der Waals surface area contributed by atoms with Gasteiger partial charge >= 0.3 is 0 Å². The molecule has 4 saturated heterocycles. The Morgan fingerprint density at radius 3 is 1.51 bits per heavy atom. The second-order valence-electron chi connectivity index (χ2n) is 12.1. The summed E-state index contributed by atoms with van der Waals surface area (Å²) < 4.78 is 46.0. The van der Waals surface area contributed by atoms with Crippen LogP contribution in [-0.4, -0.2) is 200 Å². The lowest BCUT2D eigenvalue weighted by molar-refractivity contribution is -0.392. The summed E-state index contributed by atoms with van der Waals surface area (Å²) in [4.78, 5) is 12.3. The number of carbonyl (C=O) groups is 1. The van der Waals surface area contributed by atoms with E-state index in [2.05, 4.69) is 5.32 Å². The van der Waals surface area contributed by atoms with Gasteiger partial charge in [0.2, 0.25) is 5.91 Å². The molecule has 274 valence electrons. The van der Waals surface area contributed by atoms with Gasteiger partial charge in [-0.15, -0.1) is 0 Å². The van der Waals surface area contributed by atoms with Crippen LogP contribution in [0.2, 0.25) is 0 Å². The molecule has 4 aliphatic heterocycles. The highest BCUT2D eigenvalue weighted by atomic mass is 16.8. The average Bonchev–Trinajstić information content (AvgIpc) is 3.04. The summed E-state index contributed by atoms with van der Waals surface area (Å²) in [6.45, 7) is 2.37. The van der Waals surface area contributed by atoms with Gasteiger partial charge in [-0.05, 0) is 13.8 Å². The van der Waals surface area contributed by atoms with Gasteiger partial charge in [0.15, 0.2) is 25.2 Å². The Morgan fingerprint density at radius 1 is 0.574 bits per heavy atom. The summed E-state index contributed by atoms with van der Waals surface area (Å²) in [5.74, 6) is -0.600. The highest BCUT2D eigenvalue weighted by Crippen LogP contribution is 2.35. The largest absolute Gasteiger partial charge is 0.394 e. The third kappa shape index (κ3) is 8.06. The standard InChI is InChI=1S/C27H47NO19/c1-7-13(32)16(35)19(38)25(41-7)46-22-12(28-9(3)31)24(40-4)44-11(6-30)21(22)45-27-23(18(37)15(34)10(5-29)43-27)47-26-20(39)17(36)14(33)8(2)42-26/h7-8,10-27,29-30,32-39H,5-6H2,1-4H3,(H,28,31)/t7?,8?,10?,11?,12-,13-,14-,15-,16?,17?,18?,19-,20-,21+,22?,23-,24+,25+,26+,27-/m0/s1. The minimum absolute atomic E-state index is 0.600. The van der Waals surface area contributed by atoms with Gasteiger partial charge in [-0.25, -0.2) is 0 Å². The molecule has 4 aliphatic rings. The van der Waals surface area contributed by atoms with E-state index in [9.17, 15) is 55.9 Å². The van der Waals surface area contributed by atoms with Crippen LogP contribution in [0.15, 0.2) is 0 Å². The zero-order chi connectivity index (χ0) is 34.9. The molecule has 4 heterocycles. The van der Waals surface area contributed by atoms with E-state index in [4.69, 9.17) is 37.9 Å². The Kier molecular flexibility index (Phi) is 13.3. The SMILES string of the molecule is CO[C@@H]1OC(CO)[C@@H](O[C@@H]2OC(CO)[C@H](O)C(O)[C@@H]2O[C@H]2OC(C)[C@H](O)C(O)[C@@H]2O)C(O[C@H]2OC(C)[C@H](O)C(O)[C@@H]2O)[C@@H]1NC(C)=O. The van der Waals surface area contributed by atoms with Crippen LogP contribution in [0.4, 0.5) is 0 Å². The van der Waals surface area contributed by atoms with Crippen LogP contribution in [-0.2, 0) is 42.7 Å². The molecule has 0 saturated carbocycles. The van der Waals surface area contributed by atoms with E-state index in [1.54, 1.807) is 0 Å². The van der Waals surface area contributed by atoms with Gasteiger partial charge < -0.3 is 94.3 Å². The van der Waals surface area contributed by atoms with Crippen molar-refractivity contribution < 1.29 is 93.8 Å². The normalized spacial score (nSPS) is 51.0. The molecule has 4 rings (SSSR count). The van der Waals surface area contributed by atoms with Crippen molar-refractivity contribution in [2.75, 3.05) is 20.3 Å². The number of hydrogen-bond acceptors (Lipinski definition) is 19. The fourth-order valence-electron chi connectivity index (χ4n) is 5.99. The molecule has 4 fully saturated rings. The lowest BCUT2D eigenvalue weighted by Crippen LogP contribution is -2.70. The quantitative estimate of drug-likeness (QED) is 0.102. The number of rotatable bonds is 10. The summed E-state index contributed by atoms with van der Waals surface area (Å²) in [6.07, 6.45) is -29.9. The highest BCUT2D eigenvalue weighted by molar-refractivity contribution is 5.73. The maximum Gasteiger partial charge on any atom is 0.217 e. The Morgan fingerprint density at radius 2 is 1.04 bits per heavy atom. The summed E-state index contributed by atoms with van der Waals surface area (Å²) in [5, 5.41) is 107. The second-order valence-corrected chi connectivity index (χ2v) is 12.1. The van der Waals surface area contributed by atoms with E-state index in [1.165, 1.54) is 27.9 Å². The predicted molar refractivity (Wildman–Crippen MR) is 147 cm³/mol. The Bertz CT molecular complexity index is 1010. The molecule has 0 aromatic heterocycles. The van der Waals surface area contributed by atoms with Crippen LogP contribution >= 0.6 is 0 Å².